The van der Waals surface area contributed by atoms with Crippen LogP contribution >= 0.6 is 0 Å². The van der Waals surface area contributed by atoms with Gasteiger partial charge >= 0.3 is 0 Å². The molecule has 31 heavy (non-hydrogen) atoms. The number of aryl methyl sites for hydroxylation is 1. The van der Waals surface area contributed by atoms with Gasteiger partial charge in [0.2, 0.25) is 0 Å². The van der Waals surface area contributed by atoms with Crippen molar-refractivity contribution >= 4 is 0 Å². The van der Waals surface area contributed by atoms with Gasteiger partial charge in [-0.2, -0.15) is 0 Å². The minimum Gasteiger partial charge on any atom is -0.378 e. The molecule has 0 aromatic heterocycles. The molecule has 2 saturated carbocycles. The summed E-state index contributed by atoms with van der Waals surface area (Å²) in [6.45, 7) is 4.33. The highest BCUT2D eigenvalue weighted by molar-refractivity contribution is 5.46. The van der Waals surface area contributed by atoms with Crippen LogP contribution in [-0.2, 0) is 4.74 Å². The first-order chi connectivity index (χ1) is 15.0. The average Bonchev–Trinajstić information content (AvgIpc) is 2.77. The van der Waals surface area contributed by atoms with E-state index in [0.717, 1.165) is 43.8 Å². The quantitative estimate of drug-likeness (QED) is 0.485. The van der Waals surface area contributed by atoms with Gasteiger partial charge in [-0.25, -0.2) is 13.2 Å². The second-order valence-corrected chi connectivity index (χ2v) is 8.97. The molecule has 0 spiro atoms. The van der Waals surface area contributed by atoms with E-state index in [1.807, 2.05) is 6.07 Å². The van der Waals surface area contributed by atoms with Gasteiger partial charge in [0, 0.05) is 6.61 Å². The molecule has 0 bridgehead atoms. The molecule has 1 nitrogen and oxygen atoms in total. The predicted molar refractivity (Wildman–Crippen MR) is 116 cm³/mol. The Labute approximate surface area is 183 Å². The predicted octanol–water partition coefficient (Wildman–Crippen LogP) is 6.90. The summed E-state index contributed by atoms with van der Waals surface area (Å²) in [5.41, 5.74) is 1.38. The molecule has 2 aromatic carbocycles. The number of ether oxygens (including phenoxy) is 1. The van der Waals surface area contributed by atoms with Crippen molar-refractivity contribution in [3.8, 4) is 11.8 Å². The normalized spacial score (nSPS) is 25.5. The molecule has 0 heterocycles. The Morgan fingerprint density at radius 2 is 1.58 bits per heavy atom. The average molecular weight is 427 g/mol. The molecule has 2 fully saturated rings. The third-order valence-electron chi connectivity index (χ3n) is 7.04. The summed E-state index contributed by atoms with van der Waals surface area (Å²) in [7, 11) is 0. The van der Waals surface area contributed by atoms with Crippen LogP contribution in [0, 0.1) is 48.1 Å². The van der Waals surface area contributed by atoms with E-state index in [4.69, 9.17) is 4.74 Å². The van der Waals surface area contributed by atoms with Crippen molar-refractivity contribution in [2.24, 2.45) is 11.8 Å². The zero-order valence-corrected chi connectivity index (χ0v) is 18.2. The Balaban J connectivity index is 1.45. The molecule has 2 aliphatic carbocycles. The smallest absolute Gasteiger partial charge is 0.174 e. The first-order valence-corrected chi connectivity index (χ1v) is 11.3. The maximum absolute atomic E-state index is 14.7. The number of benzene rings is 2. The lowest BCUT2D eigenvalue weighted by Gasteiger charge is -2.42. The number of halogens is 3. The van der Waals surface area contributed by atoms with Gasteiger partial charge in [0.15, 0.2) is 11.6 Å². The molecular formula is C27H29F3O. The lowest BCUT2D eigenvalue weighted by molar-refractivity contribution is -0.00956. The monoisotopic (exact) mass is 426 g/mol. The highest BCUT2D eigenvalue weighted by atomic mass is 19.2. The minimum atomic E-state index is -0.986. The van der Waals surface area contributed by atoms with Gasteiger partial charge in [0.1, 0.15) is 5.82 Å². The van der Waals surface area contributed by atoms with Crippen LogP contribution in [-0.4, -0.2) is 12.7 Å². The second kappa shape index (κ2) is 9.49. The first kappa shape index (κ1) is 22.0. The van der Waals surface area contributed by atoms with Crippen molar-refractivity contribution in [2.75, 3.05) is 6.61 Å². The Bertz CT molecular complexity index is 1000. The molecule has 0 radical (unpaired) electrons. The molecule has 4 rings (SSSR count). The van der Waals surface area contributed by atoms with Crippen LogP contribution in [0.25, 0.3) is 0 Å². The van der Waals surface area contributed by atoms with Gasteiger partial charge < -0.3 is 4.74 Å². The molecule has 0 saturated heterocycles. The van der Waals surface area contributed by atoms with Gasteiger partial charge in [-0.1, -0.05) is 24.0 Å². The first-order valence-electron chi connectivity index (χ1n) is 11.3. The summed E-state index contributed by atoms with van der Waals surface area (Å²) >= 11 is 0. The molecule has 4 unspecified atom stereocenters. The van der Waals surface area contributed by atoms with E-state index in [1.165, 1.54) is 31.9 Å². The van der Waals surface area contributed by atoms with Gasteiger partial charge in [-0.15, -0.1) is 0 Å². The molecule has 164 valence electrons. The third-order valence-corrected chi connectivity index (χ3v) is 7.04. The van der Waals surface area contributed by atoms with Crippen LogP contribution in [0.15, 0.2) is 30.3 Å². The summed E-state index contributed by atoms with van der Waals surface area (Å²) in [4.78, 5) is 0. The molecule has 4 heteroatoms. The van der Waals surface area contributed by atoms with Gasteiger partial charge in [-0.3, -0.25) is 0 Å². The summed E-state index contributed by atoms with van der Waals surface area (Å²) in [6.07, 6.45) is 7.22. The van der Waals surface area contributed by atoms with Crippen molar-refractivity contribution in [1.29, 1.82) is 0 Å². The maximum atomic E-state index is 14.7. The molecule has 2 aromatic rings. The van der Waals surface area contributed by atoms with Gasteiger partial charge in [-0.05, 0) is 99.5 Å². The minimum absolute atomic E-state index is 0.0624. The third kappa shape index (κ3) is 4.83. The van der Waals surface area contributed by atoms with Crippen LogP contribution in [0.3, 0.4) is 0 Å². The summed E-state index contributed by atoms with van der Waals surface area (Å²) in [6, 6.07) is 8.08. The van der Waals surface area contributed by atoms with E-state index in [9.17, 15) is 13.2 Å². The number of rotatable bonds is 3. The molecule has 0 N–H and O–H groups in total. The van der Waals surface area contributed by atoms with Crippen molar-refractivity contribution in [3.05, 3.63) is 70.0 Å². The fraction of sp³-hybridized carbons (Fsp3) is 0.481. The lowest BCUT2D eigenvalue weighted by atomic mass is 9.65. The van der Waals surface area contributed by atoms with E-state index < -0.39 is 17.5 Å². The highest BCUT2D eigenvalue weighted by Crippen LogP contribution is 2.46. The molecule has 2 aliphatic rings. The molecule has 4 atom stereocenters. The zero-order valence-electron chi connectivity index (χ0n) is 18.2. The Morgan fingerprint density at radius 1 is 0.871 bits per heavy atom. The van der Waals surface area contributed by atoms with E-state index in [0.29, 0.717) is 17.9 Å². The zero-order chi connectivity index (χ0) is 22.0. The molecule has 0 amide bonds. The fourth-order valence-corrected chi connectivity index (χ4v) is 5.30. The fourth-order valence-electron chi connectivity index (χ4n) is 5.30. The maximum Gasteiger partial charge on any atom is 0.174 e. The van der Waals surface area contributed by atoms with Crippen LogP contribution in [0.4, 0.5) is 13.2 Å². The van der Waals surface area contributed by atoms with E-state index >= 15 is 0 Å². The number of fused-ring (bicyclic) bond motifs is 1. The van der Waals surface area contributed by atoms with Gasteiger partial charge in [0.05, 0.1) is 17.2 Å². The summed E-state index contributed by atoms with van der Waals surface area (Å²) in [5, 5.41) is 0. The lowest BCUT2D eigenvalue weighted by Crippen LogP contribution is -2.33. The Kier molecular flexibility index (Phi) is 6.72. The second-order valence-electron chi connectivity index (χ2n) is 8.97. The number of hydrogen-bond acceptors (Lipinski definition) is 1. The highest BCUT2D eigenvalue weighted by Gasteiger charge is 2.36. The standard InChI is InChI=1S/C27H29F3O/c1-3-31-24-13-12-21-14-20(10-11-22(21)15-24)23-9-7-18(25(28)16-23)6-8-19-5-4-17(2)26(29)27(19)30/h4-5,7,9,16,20-22,24H,3,10-15H2,1-2H3. The van der Waals surface area contributed by atoms with Crippen LogP contribution in [0.2, 0.25) is 0 Å². The van der Waals surface area contributed by atoms with Crippen LogP contribution < -0.4 is 0 Å². The van der Waals surface area contributed by atoms with E-state index in [1.54, 1.807) is 12.1 Å². The van der Waals surface area contributed by atoms with Crippen molar-refractivity contribution in [3.63, 3.8) is 0 Å². The van der Waals surface area contributed by atoms with Crippen molar-refractivity contribution < 1.29 is 17.9 Å². The van der Waals surface area contributed by atoms with Gasteiger partial charge in [0.25, 0.3) is 0 Å². The van der Waals surface area contributed by atoms with Crippen LogP contribution in [0.1, 0.15) is 73.6 Å². The Morgan fingerprint density at radius 3 is 2.35 bits per heavy atom. The van der Waals surface area contributed by atoms with E-state index in [2.05, 4.69) is 18.8 Å². The molecular weight excluding hydrogens is 397 g/mol. The molecule has 0 aliphatic heterocycles. The van der Waals surface area contributed by atoms with Crippen molar-refractivity contribution in [2.45, 2.75) is 64.4 Å². The SMILES string of the molecule is CCOC1CCC2CC(c3ccc(C#Cc4ccc(C)c(F)c4F)c(F)c3)CCC2C1. The number of hydrogen-bond donors (Lipinski definition) is 0. The van der Waals surface area contributed by atoms with E-state index in [-0.39, 0.29) is 16.7 Å². The van der Waals surface area contributed by atoms with Crippen LogP contribution in [0.5, 0.6) is 0 Å². The summed E-state index contributed by atoms with van der Waals surface area (Å²) < 4.78 is 48.3. The van der Waals surface area contributed by atoms with Crippen molar-refractivity contribution in [1.82, 2.24) is 0 Å². The topological polar surface area (TPSA) is 9.23 Å². The largest absolute Gasteiger partial charge is 0.378 e. The summed E-state index contributed by atoms with van der Waals surface area (Å²) in [5.74, 6) is 4.72. The Hall–Kier alpha value is -2.25.